The fourth-order valence-corrected chi connectivity index (χ4v) is 0.561. The first kappa shape index (κ1) is 8.27. The molecule has 0 spiro atoms. The Kier molecular flexibility index (Phi) is 4.32. The van der Waals surface area contributed by atoms with Crippen LogP contribution in [0.2, 0.25) is 0 Å². The molecular weight excluding hydrogens is 127 g/mol. The number of nitrogens with one attached hydrogen (secondary N) is 2. The van der Waals surface area contributed by atoms with Gasteiger partial charge in [0.05, 0.1) is 0 Å². The highest BCUT2D eigenvalue weighted by atomic mass is 31.2. The van der Waals surface area contributed by atoms with E-state index in [9.17, 15) is 0 Å². The summed E-state index contributed by atoms with van der Waals surface area (Å²) in [6.45, 7) is 3.79. The third-order valence-electron chi connectivity index (χ3n) is 0.453. The van der Waals surface area contributed by atoms with E-state index >= 15 is 0 Å². The minimum Gasteiger partial charge on any atom is -0.337 e. The molecule has 0 radical (unpaired) electrons. The Bertz CT molecular complexity index is 51.2. The normalized spacial score (nSPS) is 11.2. The van der Waals surface area contributed by atoms with Crippen molar-refractivity contribution >= 4 is 8.53 Å². The second-order valence-corrected chi connectivity index (χ2v) is 2.50. The van der Waals surface area contributed by atoms with E-state index in [0.29, 0.717) is 0 Å². The lowest BCUT2D eigenvalue weighted by Crippen LogP contribution is -2.33. The first-order valence-electron chi connectivity index (χ1n) is 2.32. The van der Waals surface area contributed by atoms with Crippen LogP contribution in [0.4, 0.5) is 0 Å². The highest BCUT2D eigenvalue weighted by molar-refractivity contribution is 7.42. The third-order valence-corrected chi connectivity index (χ3v) is 0.782. The van der Waals surface area contributed by atoms with Gasteiger partial charge in [0, 0.05) is 6.04 Å². The van der Waals surface area contributed by atoms with E-state index in [1.54, 1.807) is 0 Å². The lowest BCUT2D eigenvalue weighted by Gasteiger charge is -2.08. The number of hydrazine groups is 1. The zero-order chi connectivity index (χ0) is 6.57. The lowest BCUT2D eigenvalue weighted by atomic mass is 10.4. The zero-order valence-electron chi connectivity index (χ0n) is 4.92. The Hall–Kier alpha value is 0.270. The molecule has 0 atom stereocenters. The molecule has 0 aliphatic carbocycles. The van der Waals surface area contributed by atoms with Gasteiger partial charge in [-0.2, -0.15) is 5.20 Å². The summed E-state index contributed by atoms with van der Waals surface area (Å²) in [7, 11) is -1.99. The van der Waals surface area contributed by atoms with Crippen LogP contribution in [0.1, 0.15) is 13.8 Å². The monoisotopic (exact) mass is 138 g/mol. The summed E-state index contributed by atoms with van der Waals surface area (Å²) in [5, 5.41) is 2.27. The Morgan fingerprint density at radius 2 is 1.88 bits per heavy atom. The van der Waals surface area contributed by atoms with Crippen LogP contribution in [0, 0.1) is 0 Å². The van der Waals surface area contributed by atoms with Gasteiger partial charge in [-0.3, -0.25) is 0 Å². The van der Waals surface area contributed by atoms with Gasteiger partial charge in [0.1, 0.15) is 0 Å². The fourth-order valence-electron chi connectivity index (χ4n) is 0.187. The maximum Gasteiger partial charge on any atom is 0.264 e. The SMILES string of the molecule is CC(C)NNP(O)O. The number of hydrogen-bond donors (Lipinski definition) is 4. The van der Waals surface area contributed by atoms with Crippen LogP contribution in [0.25, 0.3) is 0 Å². The number of hydrogen-bond acceptors (Lipinski definition) is 4. The van der Waals surface area contributed by atoms with E-state index in [-0.39, 0.29) is 6.04 Å². The van der Waals surface area contributed by atoms with Gasteiger partial charge in [-0.25, -0.2) is 5.43 Å². The van der Waals surface area contributed by atoms with E-state index in [1.165, 1.54) is 0 Å². The van der Waals surface area contributed by atoms with Crippen molar-refractivity contribution in [2.75, 3.05) is 0 Å². The standard InChI is InChI=1S/C3H11N2O2P/c1-3(2)4-5-8(6)7/h3-7H,1-2H3. The summed E-state index contributed by atoms with van der Waals surface area (Å²) in [6, 6.07) is 0.222. The van der Waals surface area contributed by atoms with Crippen molar-refractivity contribution in [3.05, 3.63) is 0 Å². The molecule has 0 saturated carbocycles. The molecule has 50 valence electrons. The van der Waals surface area contributed by atoms with E-state index in [1.807, 2.05) is 13.8 Å². The molecule has 8 heavy (non-hydrogen) atoms. The highest BCUT2D eigenvalue weighted by Crippen LogP contribution is 2.12. The van der Waals surface area contributed by atoms with Gasteiger partial charge in [-0.1, -0.05) is 0 Å². The molecular formula is C3H11N2O2P. The minimum absolute atomic E-state index is 0.222. The third kappa shape index (κ3) is 6.27. The summed E-state index contributed by atoms with van der Waals surface area (Å²) < 4.78 is 0. The summed E-state index contributed by atoms with van der Waals surface area (Å²) in [4.78, 5) is 16.5. The molecule has 0 bridgehead atoms. The van der Waals surface area contributed by atoms with E-state index in [0.717, 1.165) is 0 Å². The van der Waals surface area contributed by atoms with E-state index < -0.39 is 8.53 Å². The van der Waals surface area contributed by atoms with Crippen molar-refractivity contribution in [3.63, 3.8) is 0 Å². The van der Waals surface area contributed by atoms with Crippen LogP contribution in [0.15, 0.2) is 0 Å². The average molecular weight is 138 g/mol. The van der Waals surface area contributed by atoms with E-state index in [4.69, 9.17) is 9.79 Å². The van der Waals surface area contributed by atoms with Crippen LogP contribution in [-0.2, 0) is 0 Å². The van der Waals surface area contributed by atoms with Gasteiger partial charge in [-0.05, 0) is 13.8 Å². The zero-order valence-corrected chi connectivity index (χ0v) is 5.81. The largest absolute Gasteiger partial charge is 0.337 e. The molecule has 0 rings (SSSR count). The molecule has 4 nitrogen and oxygen atoms in total. The Morgan fingerprint density at radius 3 is 2.00 bits per heavy atom. The van der Waals surface area contributed by atoms with Crippen molar-refractivity contribution in [1.29, 1.82) is 0 Å². The van der Waals surface area contributed by atoms with Crippen molar-refractivity contribution in [3.8, 4) is 0 Å². The van der Waals surface area contributed by atoms with Crippen molar-refractivity contribution in [2.45, 2.75) is 19.9 Å². The Balaban J connectivity index is 2.93. The van der Waals surface area contributed by atoms with Crippen LogP contribution < -0.4 is 10.6 Å². The molecule has 0 heterocycles. The predicted molar refractivity (Wildman–Crippen MR) is 32.8 cm³/mol. The second-order valence-electron chi connectivity index (χ2n) is 1.70. The summed E-state index contributed by atoms with van der Waals surface area (Å²) in [5.41, 5.74) is 2.62. The molecule has 0 unspecified atom stereocenters. The number of rotatable bonds is 3. The highest BCUT2D eigenvalue weighted by Gasteiger charge is 1.95. The van der Waals surface area contributed by atoms with Crippen molar-refractivity contribution in [2.24, 2.45) is 0 Å². The summed E-state index contributed by atoms with van der Waals surface area (Å²) in [5.74, 6) is 0. The van der Waals surface area contributed by atoms with Gasteiger partial charge in [-0.15, -0.1) is 0 Å². The van der Waals surface area contributed by atoms with Crippen LogP contribution in [0.3, 0.4) is 0 Å². The topological polar surface area (TPSA) is 64.5 Å². The molecule has 0 aromatic carbocycles. The molecule has 0 aliphatic rings. The quantitative estimate of drug-likeness (QED) is 0.319. The van der Waals surface area contributed by atoms with E-state index in [2.05, 4.69) is 10.6 Å². The molecule has 5 heteroatoms. The smallest absolute Gasteiger partial charge is 0.264 e. The lowest BCUT2D eigenvalue weighted by molar-refractivity contribution is 0.434. The second kappa shape index (κ2) is 4.18. The van der Waals surface area contributed by atoms with Crippen LogP contribution >= 0.6 is 8.53 Å². The van der Waals surface area contributed by atoms with Gasteiger partial charge in [0.25, 0.3) is 8.53 Å². The maximum absolute atomic E-state index is 8.25. The first-order chi connectivity index (χ1) is 3.63. The predicted octanol–water partition coefficient (Wildman–Crippen LogP) is -0.300. The van der Waals surface area contributed by atoms with Crippen LogP contribution in [0.5, 0.6) is 0 Å². The first-order valence-corrected chi connectivity index (χ1v) is 3.56. The fraction of sp³-hybridized carbons (Fsp3) is 1.00. The molecule has 4 N–H and O–H groups in total. The Labute approximate surface area is 49.9 Å². The van der Waals surface area contributed by atoms with Crippen molar-refractivity contribution < 1.29 is 9.79 Å². The molecule has 0 amide bonds. The van der Waals surface area contributed by atoms with Gasteiger partial charge in [0.15, 0.2) is 0 Å². The Morgan fingerprint density at radius 1 is 1.38 bits per heavy atom. The average Bonchev–Trinajstić information content (AvgIpc) is 1.61. The molecule has 0 fully saturated rings. The van der Waals surface area contributed by atoms with Gasteiger partial charge in [0.2, 0.25) is 0 Å². The molecule has 0 aromatic heterocycles. The summed E-state index contributed by atoms with van der Waals surface area (Å²) in [6.07, 6.45) is 0. The molecule has 0 aliphatic heterocycles. The minimum atomic E-state index is -1.99. The van der Waals surface area contributed by atoms with Gasteiger partial charge < -0.3 is 9.79 Å². The van der Waals surface area contributed by atoms with Gasteiger partial charge >= 0.3 is 0 Å². The summed E-state index contributed by atoms with van der Waals surface area (Å²) >= 11 is 0. The molecule has 0 aromatic rings. The molecule has 0 saturated heterocycles. The van der Waals surface area contributed by atoms with Crippen molar-refractivity contribution in [1.82, 2.24) is 10.6 Å². The maximum atomic E-state index is 8.25. The van der Waals surface area contributed by atoms with Crippen LogP contribution in [-0.4, -0.2) is 15.8 Å².